The molecular weight excluding hydrogens is 361 g/mol. The third kappa shape index (κ3) is 4.69. The van der Waals surface area contributed by atoms with Crippen LogP contribution in [0.3, 0.4) is 0 Å². The van der Waals surface area contributed by atoms with Gasteiger partial charge in [0.15, 0.2) is 11.7 Å². The molecule has 0 aliphatic carbocycles. The summed E-state index contributed by atoms with van der Waals surface area (Å²) in [5.41, 5.74) is -0.808. The Labute approximate surface area is 154 Å². The van der Waals surface area contributed by atoms with Crippen molar-refractivity contribution >= 4 is 5.96 Å². The van der Waals surface area contributed by atoms with Gasteiger partial charge in [0, 0.05) is 57.6 Å². The summed E-state index contributed by atoms with van der Waals surface area (Å²) >= 11 is 0. The van der Waals surface area contributed by atoms with E-state index in [1.807, 2.05) is 17.0 Å². The first-order valence-corrected chi connectivity index (χ1v) is 8.50. The van der Waals surface area contributed by atoms with E-state index in [0.29, 0.717) is 24.9 Å². The molecule has 27 heavy (non-hydrogen) atoms. The smallest absolute Gasteiger partial charge is 0.435 e. The molecule has 0 saturated carbocycles. The van der Waals surface area contributed by atoms with Gasteiger partial charge in [-0.05, 0) is 6.07 Å². The lowest BCUT2D eigenvalue weighted by molar-refractivity contribution is -0.142. The number of nitrogens with one attached hydrogen (secondary N) is 1. The van der Waals surface area contributed by atoms with Crippen LogP contribution >= 0.6 is 0 Å². The van der Waals surface area contributed by atoms with Gasteiger partial charge in [0.25, 0.3) is 0 Å². The number of halogens is 3. The lowest BCUT2D eigenvalue weighted by Gasteiger charge is -2.21. The third-order valence-electron chi connectivity index (χ3n) is 4.19. The van der Waals surface area contributed by atoms with Crippen molar-refractivity contribution in [2.75, 3.05) is 20.1 Å². The first-order chi connectivity index (χ1) is 12.9. The number of hydrogen-bond acceptors (Lipinski definition) is 4. The second-order valence-corrected chi connectivity index (χ2v) is 6.22. The summed E-state index contributed by atoms with van der Waals surface area (Å²) in [6.45, 7) is 1.25. The predicted molar refractivity (Wildman–Crippen MR) is 93.3 cm³/mol. The molecule has 1 unspecified atom stereocenters. The summed E-state index contributed by atoms with van der Waals surface area (Å²) in [4.78, 5) is 10.3. The van der Waals surface area contributed by atoms with Crippen LogP contribution in [0.5, 0.6) is 5.88 Å². The Bertz CT molecular complexity index is 790. The fourth-order valence-corrected chi connectivity index (χ4v) is 3.02. The van der Waals surface area contributed by atoms with Crippen LogP contribution < -0.4 is 10.1 Å². The molecule has 3 heterocycles. The maximum Gasteiger partial charge on any atom is 0.435 e. The average Bonchev–Trinajstić information content (AvgIpc) is 3.23. The number of aliphatic imine (C=N–C) groups is 1. The van der Waals surface area contributed by atoms with Crippen LogP contribution in [0.15, 0.2) is 35.6 Å². The van der Waals surface area contributed by atoms with Gasteiger partial charge in [-0.15, -0.1) is 0 Å². The van der Waals surface area contributed by atoms with Crippen LogP contribution in [0.25, 0.3) is 0 Å². The van der Waals surface area contributed by atoms with Crippen molar-refractivity contribution in [3.63, 3.8) is 0 Å². The molecule has 1 aliphatic heterocycles. The fraction of sp³-hybridized carbons (Fsp3) is 0.471. The quantitative estimate of drug-likeness (QED) is 0.648. The Balaban J connectivity index is 1.59. The van der Waals surface area contributed by atoms with Crippen LogP contribution in [0.4, 0.5) is 13.2 Å². The predicted octanol–water partition coefficient (Wildman–Crippen LogP) is 2.06. The van der Waals surface area contributed by atoms with E-state index in [-0.39, 0.29) is 18.2 Å². The number of guanidine groups is 1. The van der Waals surface area contributed by atoms with E-state index in [2.05, 4.69) is 20.4 Å². The highest BCUT2D eigenvalue weighted by atomic mass is 19.4. The summed E-state index contributed by atoms with van der Waals surface area (Å²) in [5.74, 6) is 1.08. The maximum atomic E-state index is 13.1. The second kappa shape index (κ2) is 7.85. The fourth-order valence-electron chi connectivity index (χ4n) is 3.02. The van der Waals surface area contributed by atoms with Crippen LogP contribution in [-0.2, 0) is 19.8 Å². The van der Waals surface area contributed by atoms with Gasteiger partial charge in [0.1, 0.15) is 6.10 Å². The molecule has 2 aromatic heterocycles. The highest BCUT2D eigenvalue weighted by Crippen LogP contribution is 2.30. The number of aromatic nitrogens is 3. The van der Waals surface area contributed by atoms with E-state index in [4.69, 9.17) is 4.74 Å². The zero-order valence-corrected chi connectivity index (χ0v) is 15.1. The number of likely N-dealkylation sites (tertiary alicyclic amines) is 1. The minimum atomic E-state index is -4.49. The number of alkyl halides is 3. The number of nitrogens with zero attached hydrogens (tertiary/aromatic N) is 5. The van der Waals surface area contributed by atoms with Crippen molar-refractivity contribution in [3.8, 4) is 5.88 Å². The van der Waals surface area contributed by atoms with E-state index in [9.17, 15) is 13.2 Å². The minimum Gasteiger partial charge on any atom is -0.472 e. The minimum absolute atomic E-state index is 0.0162. The van der Waals surface area contributed by atoms with Crippen molar-refractivity contribution in [2.45, 2.75) is 25.2 Å². The average molecular weight is 382 g/mol. The molecule has 1 atom stereocenters. The van der Waals surface area contributed by atoms with Crippen LogP contribution in [0, 0.1) is 0 Å². The standard InChI is InChI=1S/C17H21F3N6O/c1-21-16(23-9-12-10-25(2)24-15(12)17(18,19)20)26-8-6-13(11-26)27-14-5-3-4-7-22-14/h3-5,7,10,13H,6,8-9,11H2,1-2H3,(H,21,23). The largest absolute Gasteiger partial charge is 0.472 e. The highest BCUT2D eigenvalue weighted by molar-refractivity contribution is 5.80. The summed E-state index contributed by atoms with van der Waals surface area (Å²) in [5, 5.41) is 6.50. The van der Waals surface area contributed by atoms with Crippen LogP contribution in [0.1, 0.15) is 17.7 Å². The van der Waals surface area contributed by atoms with Crippen molar-refractivity contribution in [1.82, 2.24) is 25.0 Å². The van der Waals surface area contributed by atoms with Gasteiger partial charge in [0.2, 0.25) is 5.88 Å². The summed E-state index contributed by atoms with van der Waals surface area (Å²) in [6, 6.07) is 5.45. The van der Waals surface area contributed by atoms with E-state index >= 15 is 0 Å². The molecular formula is C17H21F3N6O. The molecule has 2 aromatic rings. The maximum absolute atomic E-state index is 13.1. The monoisotopic (exact) mass is 382 g/mol. The van der Waals surface area contributed by atoms with Crippen molar-refractivity contribution in [3.05, 3.63) is 41.9 Å². The van der Waals surface area contributed by atoms with Gasteiger partial charge in [-0.3, -0.25) is 9.67 Å². The molecule has 0 bridgehead atoms. The van der Waals surface area contributed by atoms with Crippen molar-refractivity contribution < 1.29 is 17.9 Å². The zero-order valence-electron chi connectivity index (χ0n) is 15.1. The number of ether oxygens (including phenoxy) is 1. The van der Waals surface area contributed by atoms with Crippen LogP contribution in [-0.4, -0.2) is 51.9 Å². The molecule has 0 amide bonds. The van der Waals surface area contributed by atoms with Gasteiger partial charge in [-0.25, -0.2) is 4.98 Å². The Morgan fingerprint density at radius 1 is 1.41 bits per heavy atom. The van der Waals surface area contributed by atoms with Crippen molar-refractivity contribution in [1.29, 1.82) is 0 Å². The third-order valence-corrected chi connectivity index (χ3v) is 4.19. The van der Waals surface area contributed by atoms with Crippen molar-refractivity contribution in [2.24, 2.45) is 12.0 Å². The molecule has 146 valence electrons. The first-order valence-electron chi connectivity index (χ1n) is 8.50. The van der Waals surface area contributed by atoms with Crippen LogP contribution in [0.2, 0.25) is 0 Å². The Morgan fingerprint density at radius 2 is 2.22 bits per heavy atom. The lowest BCUT2D eigenvalue weighted by Crippen LogP contribution is -2.40. The Hall–Kier alpha value is -2.78. The summed E-state index contributed by atoms with van der Waals surface area (Å²) in [7, 11) is 3.07. The molecule has 1 N–H and O–H groups in total. The molecule has 1 aliphatic rings. The summed E-state index contributed by atoms with van der Waals surface area (Å²) in [6.07, 6.45) is -0.744. The SMILES string of the molecule is CN=C(NCc1cn(C)nc1C(F)(F)F)N1CCC(Oc2ccccn2)C1. The zero-order chi connectivity index (χ0) is 19.4. The number of hydrogen-bond donors (Lipinski definition) is 1. The van der Waals surface area contributed by atoms with E-state index in [0.717, 1.165) is 11.1 Å². The van der Waals surface area contributed by atoms with Gasteiger partial charge in [-0.1, -0.05) is 6.07 Å². The molecule has 3 rings (SSSR count). The van der Waals surface area contributed by atoms with Gasteiger partial charge in [-0.2, -0.15) is 18.3 Å². The molecule has 0 spiro atoms. The molecule has 7 nitrogen and oxygen atoms in total. The summed E-state index contributed by atoms with van der Waals surface area (Å²) < 4.78 is 46.2. The second-order valence-electron chi connectivity index (χ2n) is 6.22. The Kier molecular flexibility index (Phi) is 5.52. The molecule has 0 aromatic carbocycles. The number of aryl methyl sites for hydroxylation is 1. The van der Waals surface area contributed by atoms with E-state index in [1.165, 1.54) is 13.2 Å². The van der Waals surface area contributed by atoms with Gasteiger partial charge < -0.3 is 15.0 Å². The number of pyridine rings is 1. The number of rotatable bonds is 4. The van der Waals surface area contributed by atoms with Gasteiger partial charge >= 0.3 is 6.18 Å². The van der Waals surface area contributed by atoms with Gasteiger partial charge in [0.05, 0.1) is 6.54 Å². The Morgan fingerprint density at radius 3 is 2.89 bits per heavy atom. The molecule has 10 heteroatoms. The highest BCUT2D eigenvalue weighted by Gasteiger charge is 2.37. The molecule has 1 fully saturated rings. The molecule has 0 radical (unpaired) electrons. The van der Waals surface area contributed by atoms with E-state index < -0.39 is 11.9 Å². The molecule has 1 saturated heterocycles. The lowest BCUT2D eigenvalue weighted by atomic mass is 10.2. The topological polar surface area (TPSA) is 67.6 Å². The first kappa shape index (κ1) is 19.0. The van der Waals surface area contributed by atoms with E-state index in [1.54, 1.807) is 19.3 Å². The normalized spacial score (nSPS) is 18.0.